The number of aromatic nitrogens is 4. The molecule has 1 atom stereocenters. The molecule has 144 valence electrons. The number of aryl methyl sites for hydroxylation is 1. The molecule has 0 aliphatic carbocycles. The minimum absolute atomic E-state index is 0.0127. The molecular weight excluding hydrogens is 354 g/mol. The molecule has 10 nitrogen and oxygen atoms in total. The molecule has 27 heavy (non-hydrogen) atoms. The van der Waals surface area contributed by atoms with Crippen LogP contribution in [0.25, 0.3) is 11.2 Å². The number of methoxy groups -OCH3 is 1. The maximum Gasteiger partial charge on any atom is 0.329 e. The summed E-state index contributed by atoms with van der Waals surface area (Å²) in [5.41, 5.74) is -0.685. The van der Waals surface area contributed by atoms with E-state index in [2.05, 4.69) is 15.3 Å². The summed E-state index contributed by atoms with van der Waals surface area (Å²) >= 11 is 0. The zero-order valence-corrected chi connectivity index (χ0v) is 15.2. The molecule has 3 rings (SSSR count). The molecule has 0 saturated carbocycles. The van der Waals surface area contributed by atoms with Crippen LogP contribution in [0.2, 0.25) is 0 Å². The number of fused-ring (bicyclic) bond motifs is 1. The van der Waals surface area contributed by atoms with Gasteiger partial charge in [0.25, 0.3) is 5.56 Å². The standard InChI is InChI=1S/C17H21N5O5/c1-18-16-19-14-13(15(24)20-17(25)21(14)2)22(16)8-10(23)9-27-12-6-4-11(26-3)5-7-12/h4-7,10,23H,8-9H2,1-3H3,(H,18,19)(H,20,24,25). The molecule has 10 heteroatoms. The van der Waals surface area contributed by atoms with E-state index in [4.69, 9.17) is 9.47 Å². The number of aliphatic hydroxyl groups excluding tert-OH is 1. The van der Waals surface area contributed by atoms with Crippen molar-refractivity contribution in [1.82, 2.24) is 19.1 Å². The fraction of sp³-hybridized carbons (Fsp3) is 0.353. The first kappa shape index (κ1) is 18.5. The van der Waals surface area contributed by atoms with Gasteiger partial charge in [0.05, 0.1) is 13.7 Å². The Morgan fingerprint density at radius 3 is 2.56 bits per heavy atom. The average molecular weight is 375 g/mol. The fourth-order valence-electron chi connectivity index (χ4n) is 2.73. The number of ether oxygens (including phenoxy) is 2. The number of aromatic amines is 1. The van der Waals surface area contributed by atoms with Crippen molar-refractivity contribution in [2.45, 2.75) is 12.6 Å². The summed E-state index contributed by atoms with van der Waals surface area (Å²) in [7, 11) is 4.73. The van der Waals surface area contributed by atoms with Crippen LogP contribution >= 0.6 is 0 Å². The lowest BCUT2D eigenvalue weighted by Gasteiger charge is -2.15. The predicted octanol–water partition coefficient (Wildman–Crippen LogP) is -0.0865. The quantitative estimate of drug-likeness (QED) is 0.527. The van der Waals surface area contributed by atoms with Crippen LogP contribution in [-0.2, 0) is 13.6 Å². The van der Waals surface area contributed by atoms with Crippen molar-refractivity contribution in [3.63, 3.8) is 0 Å². The van der Waals surface area contributed by atoms with Crippen molar-refractivity contribution in [3.8, 4) is 11.5 Å². The Bertz CT molecular complexity index is 1050. The summed E-state index contributed by atoms with van der Waals surface area (Å²) in [5.74, 6) is 1.65. The Balaban J connectivity index is 1.81. The van der Waals surface area contributed by atoms with Crippen molar-refractivity contribution >= 4 is 17.1 Å². The van der Waals surface area contributed by atoms with E-state index in [1.165, 1.54) is 16.2 Å². The minimum atomic E-state index is -0.909. The van der Waals surface area contributed by atoms with Crippen LogP contribution in [-0.4, -0.2) is 51.1 Å². The Morgan fingerprint density at radius 1 is 1.26 bits per heavy atom. The second-order valence-corrected chi connectivity index (χ2v) is 5.93. The SMILES string of the molecule is CNc1nc2c(c(=O)[nH]c(=O)n2C)n1CC(O)COc1ccc(OC)cc1. The zero-order chi connectivity index (χ0) is 19.6. The number of nitrogens with one attached hydrogen (secondary N) is 2. The summed E-state index contributed by atoms with van der Waals surface area (Å²) < 4.78 is 13.4. The number of aliphatic hydroxyl groups is 1. The number of hydrogen-bond donors (Lipinski definition) is 3. The Morgan fingerprint density at radius 2 is 1.93 bits per heavy atom. The van der Waals surface area contributed by atoms with Crippen LogP contribution in [0.1, 0.15) is 0 Å². The molecule has 2 heterocycles. The molecule has 0 aliphatic rings. The Labute approximate surface area is 154 Å². The van der Waals surface area contributed by atoms with E-state index in [0.29, 0.717) is 17.4 Å². The molecule has 3 aromatic rings. The topological polar surface area (TPSA) is 123 Å². The molecule has 3 N–H and O–H groups in total. The highest BCUT2D eigenvalue weighted by molar-refractivity contribution is 5.74. The molecule has 0 radical (unpaired) electrons. The lowest BCUT2D eigenvalue weighted by atomic mass is 10.3. The Hall–Kier alpha value is -3.27. The van der Waals surface area contributed by atoms with Crippen molar-refractivity contribution in [2.24, 2.45) is 7.05 Å². The third-order valence-corrected chi connectivity index (χ3v) is 4.13. The van der Waals surface area contributed by atoms with Gasteiger partial charge in [-0.15, -0.1) is 0 Å². The molecule has 0 fully saturated rings. The van der Waals surface area contributed by atoms with Crippen LogP contribution in [0.3, 0.4) is 0 Å². The molecule has 2 aromatic heterocycles. The number of rotatable bonds is 7. The molecule has 0 amide bonds. The third kappa shape index (κ3) is 3.65. The molecular formula is C17H21N5O5. The minimum Gasteiger partial charge on any atom is -0.497 e. The largest absolute Gasteiger partial charge is 0.497 e. The maximum atomic E-state index is 12.2. The summed E-state index contributed by atoms with van der Waals surface area (Å²) in [6.45, 7) is 0.0724. The first-order chi connectivity index (χ1) is 12.9. The lowest BCUT2D eigenvalue weighted by Crippen LogP contribution is -2.30. The first-order valence-corrected chi connectivity index (χ1v) is 8.26. The normalized spacial score (nSPS) is 12.1. The van der Waals surface area contributed by atoms with Gasteiger partial charge in [-0.1, -0.05) is 0 Å². The predicted molar refractivity (Wildman–Crippen MR) is 99.6 cm³/mol. The number of H-pyrrole nitrogens is 1. The van der Waals surface area contributed by atoms with Gasteiger partial charge in [0.15, 0.2) is 11.2 Å². The number of hydrogen-bond acceptors (Lipinski definition) is 7. The molecule has 0 aliphatic heterocycles. The number of imidazole rings is 1. The van der Waals surface area contributed by atoms with E-state index in [0.717, 1.165) is 0 Å². The van der Waals surface area contributed by atoms with E-state index in [1.807, 2.05) is 0 Å². The van der Waals surface area contributed by atoms with Crippen molar-refractivity contribution in [3.05, 3.63) is 45.1 Å². The van der Waals surface area contributed by atoms with E-state index >= 15 is 0 Å². The molecule has 1 aromatic carbocycles. The van der Waals surface area contributed by atoms with Crippen molar-refractivity contribution in [2.75, 3.05) is 26.1 Å². The smallest absolute Gasteiger partial charge is 0.329 e. The van der Waals surface area contributed by atoms with Crippen LogP contribution in [0, 0.1) is 0 Å². The summed E-state index contributed by atoms with van der Waals surface area (Å²) in [4.78, 5) is 30.5. The summed E-state index contributed by atoms with van der Waals surface area (Å²) in [5, 5.41) is 13.2. The van der Waals surface area contributed by atoms with Gasteiger partial charge >= 0.3 is 5.69 Å². The van der Waals surface area contributed by atoms with E-state index in [-0.39, 0.29) is 24.3 Å². The Kier molecular flexibility index (Phi) is 5.17. The lowest BCUT2D eigenvalue weighted by molar-refractivity contribution is 0.0938. The summed E-state index contributed by atoms with van der Waals surface area (Å²) in [6.07, 6.45) is -0.909. The van der Waals surface area contributed by atoms with Crippen LogP contribution in [0.5, 0.6) is 11.5 Å². The zero-order valence-electron chi connectivity index (χ0n) is 15.2. The van der Waals surface area contributed by atoms with Gasteiger partial charge in [-0.2, -0.15) is 4.98 Å². The van der Waals surface area contributed by atoms with Gasteiger partial charge in [0.2, 0.25) is 5.95 Å². The fourth-order valence-corrected chi connectivity index (χ4v) is 2.73. The third-order valence-electron chi connectivity index (χ3n) is 4.13. The first-order valence-electron chi connectivity index (χ1n) is 8.26. The molecule has 0 spiro atoms. The van der Waals surface area contributed by atoms with Gasteiger partial charge in [0, 0.05) is 14.1 Å². The van der Waals surface area contributed by atoms with Crippen molar-refractivity contribution < 1.29 is 14.6 Å². The molecule has 0 saturated heterocycles. The maximum absolute atomic E-state index is 12.2. The van der Waals surface area contributed by atoms with Gasteiger partial charge in [-0.3, -0.25) is 14.3 Å². The van der Waals surface area contributed by atoms with Crippen LogP contribution in [0.15, 0.2) is 33.9 Å². The average Bonchev–Trinajstić information content (AvgIpc) is 3.04. The van der Waals surface area contributed by atoms with Gasteiger partial charge in [-0.25, -0.2) is 4.79 Å². The monoisotopic (exact) mass is 375 g/mol. The number of anilines is 1. The highest BCUT2D eigenvalue weighted by Crippen LogP contribution is 2.18. The van der Waals surface area contributed by atoms with Gasteiger partial charge < -0.3 is 24.5 Å². The van der Waals surface area contributed by atoms with Crippen LogP contribution < -0.4 is 26.0 Å². The highest BCUT2D eigenvalue weighted by atomic mass is 16.5. The second kappa shape index (κ2) is 7.54. The highest BCUT2D eigenvalue weighted by Gasteiger charge is 2.19. The molecule has 1 unspecified atom stereocenters. The van der Waals surface area contributed by atoms with E-state index < -0.39 is 17.4 Å². The van der Waals surface area contributed by atoms with E-state index in [9.17, 15) is 14.7 Å². The molecule has 0 bridgehead atoms. The van der Waals surface area contributed by atoms with E-state index in [1.54, 1.807) is 38.4 Å². The summed E-state index contributed by atoms with van der Waals surface area (Å²) in [6, 6.07) is 6.98. The van der Waals surface area contributed by atoms with Gasteiger partial charge in [-0.05, 0) is 24.3 Å². The number of nitrogens with zero attached hydrogens (tertiary/aromatic N) is 3. The number of benzene rings is 1. The van der Waals surface area contributed by atoms with Crippen molar-refractivity contribution in [1.29, 1.82) is 0 Å². The van der Waals surface area contributed by atoms with Crippen LogP contribution in [0.4, 0.5) is 5.95 Å². The second-order valence-electron chi connectivity index (χ2n) is 5.93. The van der Waals surface area contributed by atoms with Gasteiger partial charge in [0.1, 0.15) is 24.2 Å².